The largest absolute Gasteiger partial charge is 0.496 e. The Bertz CT molecular complexity index is 443. The van der Waals surface area contributed by atoms with Crippen molar-refractivity contribution in [2.75, 3.05) is 7.11 Å². The van der Waals surface area contributed by atoms with E-state index in [-0.39, 0.29) is 12.5 Å². The van der Waals surface area contributed by atoms with E-state index >= 15 is 0 Å². The molecule has 0 bridgehead atoms. The normalized spacial score (nSPS) is 15.8. The molecule has 2 unspecified atom stereocenters. The highest BCUT2D eigenvalue weighted by molar-refractivity contribution is 5.69. The second-order valence-corrected chi connectivity index (χ2v) is 4.98. The summed E-state index contributed by atoms with van der Waals surface area (Å²) in [4.78, 5) is 11.1. The van der Waals surface area contributed by atoms with Crippen LogP contribution in [0.2, 0.25) is 0 Å². The van der Waals surface area contributed by atoms with Crippen LogP contribution in [0, 0.1) is 6.92 Å². The Balaban J connectivity index is 3.37. The minimum atomic E-state index is -0.863. The Morgan fingerprint density at radius 1 is 1.56 bits per heavy atom. The number of aliphatic carboxylic acids is 1. The molecular formula is C14H21NO3. The van der Waals surface area contributed by atoms with Crippen LogP contribution in [0.5, 0.6) is 5.75 Å². The van der Waals surface area contributed by atoms with E-state index in [1.54, 1.807) is 7.11 Å². The van der Waals surface area contributed by atoms with Crippen molar-refractivity contribution in [3.8, 4) is 5.75 Å². The number of nitrogens with two attached hydrogens (primary N) is 1. The molecule has 0 saturated heterocycles. The number of hydrogen-bond donors (Lipinski definition) is 2. The van der Waals surface area contributed by atoms with Gasteiger partial charge in [-0.05, 0) is 19.9 Å². The standard InChI is InChI=1S/C14H21NO3/c1-9-5-6-12(18-4)11(7-9)14(3,10(2)15)8-13(16)17/h5-7,10H,8,15H2,1-4H3,(H,16,17). The molecule has 3 N–H and O–H groups in total. The van der Waals surface area contributed by atoms with Gasteiger partial charge in [-0.25, -0.2) is 0 Å². The second-order valence-electron chi connectivity index (χ2n) is 4.98. The van der Waals surface area contributed by atoms with Crippen LogP contribution in [-0.2, 0) is 10.2 Å². The van der Waals surface area contributed by atoms with Gasteiger partial charge in [-0.15, -0.1) is 0 Å². The van der Waals surface area contributed by atoms with Crippen LogP contribution in [0.1, 0.15) is 31.4 Å². The first-order valence-corrected chi connectivity index (χ1v) is 5.93. The summed E-state index contributed by atoms with van der Waals surface area (Å²) in [6, 6.07) is 5.45. The lowest BCUT2D eigenvalue weighted by Crippen LogP contribution is -2.43. The molecule has 0 aliphatic rings. The maximum Gasteiger partial charge on any atom is 0.304 e. The van der Waals surface area contributed by atoms with Crippen molar-refractivity contribution >= 4 is 5.97 Å². The molecule has 100 valence electrons. The zero-order valence-corrected chi connectivity index (χ0v) is 11.4. The summed E-state index contributed by atoms with van der Waals surface area (Å²) in [7, 11) is 1.58. The average molecular weight is 251 g/mol. The van der Waals surface area contributed by atoms with E-state index in [0.717, 1.165) is 11.1 Å². The molecule has 0 saturated carbocycles. The summed E-state index contributed by atoms with van der Waals surface area (Å²) < 4.78 is 5.33. The number of methoxy groups -OCH3 is 1. The number of carboxylic acid groups (broad SMARTS) is 1. The van der Waals surface area contributed by atoms with Gasteiger partial charge in [0.2, 0.25) is 0 Å². The quantitative estimate of drug-likeness (QED) is 0.840. The third kappa shape index (κ3) is 2.82. The molecule has 2 atom stereocenters. The van der Waals surface area contributed by atoms with Gasteiger partial charge in [0, 0.05) is 17.0 Å². The van der Waals surface area contributed by atoms with E-state index in [1.165, 1.54) is 0 Å². The van der Waals surface area contributed by atoms with E-state index in [2.05, 4.69) is 0 Å². The molecule has 1 aromatic rings. The fourth-order valence-electron chi connectivity index (χ4n) is 2.08. The first-order valence-electron chi connectivity index (χ1n) is 5.93. The van der Waals surface area contributed by atoms with Gasteiger partial charge < -0.3 is 15.6 Å². The molecule has 4 heteroatoms. The molecule has 1 aromatic carbocycles. The molecule has 0 fully saturated rings. The summed E-state index contributed by atoms with van der Waals surface area (Å²) in [6.07, 6.45) is -0.0233. The van der Waals surface area contributed by atoms with Gasteiger partial charge in [0.1, 0.15) is 5.75 Å². The molecule has 0 aromatic heterocycles. The minimum absolute atomic E-state index is 0.0233. The molecule has 0 radical (unpaired) electrons. The molecular weight excluding hydrogens is 230 g/mol. The van der Waals surface area contributed by atoms with Gasteiger partial charge in [-0.1, -0.05) is 24.6 Å². The van der Waals surface area contributed by atoms with Crippen LogP contribution in [-0.4, -0.2) is 24.2 Å². The molecule has 0 amide bonds. The number of carbonyl (C=O) groups is 1. The van der Waals surface area contributed by atoms with Crippen LogP contribution in [0.15, 0.2) is 18.2 Å². The highest BCUT2D eigenvalue weighted by Crippen LogP contribution is 2.37. The smallest absolute Gasteiger partial charge is 0.304 e. The van der Waals surface area contributed by atoms with Crippen molar-refractivity contribution in [1.29, 1.82) is 0 Å². The zero-order valence-electron chi connectivity index (χ0n) is 11.4. The Hall–Kier alpha value is -1.55. The van der Waals surface area contributed by atoms with Crippen molar-refractivity contribution in [3.63, 3.8) is 0 Å². The van der Waals surface area contributed by atoms with E-state index < -0.39 is 11.4 Å². The summed E-state index contributed by atoms with van der Waals surface area (Å²) in [5.74, 6) is -0.181. The average Bonchev–Trinajstić information content (AvgIpc) is 2.27. The topological polar surface area (TPSA) is 72.5 Å². The van der Waals surface area contributed by atoms with Gasteiger partial charge >= 0.3 is 5.97 Å². The molecule has 1 rings (SSSR count). The van der Waals surface area contributed by atoms with Gasteiger partial charge in [-0.3, -0.25) is 4.79 Å². The minimum Gasteiger partial charge on any atom is -0.496 e. The Labute approximate surface area is 108 Å². The predicted molar refractivity (Wildman–Crippen MR) is 71.0 cm³/mol. The molecule has 0 heterocycles. The monoisotopic (exact) mass is 251 g/mol. The number of ether oxygens (including phenoxy) is 1. The summed E-state index contributed by atoms with van der Waals surface area (Å²) >= 11 is 0. The van der Waals surface area contributed by atoms with Crippen molar-refractivity contribution in [2.45, 2.75) is 38.6 Å². The lowest BCUT2D eigenvalue weighted by molar-refractivity contribution is -0.138. The zero-order chi connectivity index (χ0) is 13.9. The number of benzene rings is 1. The maximum atomic E-state index is 11.1. The van der Waals surface area contributed by atoms with Gasteiger partial charge in [0.05, 0.1) is 13.5 Å². The fourth-order valence-corrected chi connectivity index (χ4v) is 2.08. The number of aryl methyl sites for hydroxylation is 1. The Kier molecular flexibility index (Phi) is 4.35. The van der Waals surface area contributed by atoms with Crippen molar-refractivity contribution in [2.24, 2.45) is 5.73 Å². The predicted octanol–water partition coefficient (Wildman–Crippen LogP) is 2.08. The van der Waals surface area contributed by atoms with Crippen LogP contribution in [0.4, 0.5) is 0 Å². The summed E-state index contributed by atoms with van der Waals surface area (Å²) in [6.45, 7) is 5.65. The van der Waals surface area contributed by atoms with Crippen LogP contribution < -0.4 is 10.5 Å². The van der Waals surface area contributed by atoms with Crippen molar-refractivity contribution in [1.82, 2.24) is 0 Å². The lowest BCUT2D eigenvalue weighted by Gasteiger charge is -2.34. The Morgan fingerprint density at radius 3 is 2.61 bits per heavy atom. The SMILES string of the molecule is COc1ccc(C)cc1C(C)(CC(=O)O)C(C)N. The molecule has 18 heavy (non-hydrogen) atoms. The lowest BCUT2D eigenvalue weighted by atomic mass is 9.73. The van der Waals surface area contributed by atoms with Crippen molar-refractivity contribution < 1.29 is 14.6 Å². The van der Waals surface area contributed by atoms with Gasteiger partial charge in [-0.2, -0.15) is 0 Å². The van der Waals surface area contributed by atoms with Crippen molar-refractivity contribution in [3.05, 3.63) is 29.3 Å². The number of rotatable bonds is 5. The van der Waals surface area contributed by atoms with E-state index in [9.17, 15) is 4.79 Å². The number of hydrogen-bond acceptors (Lipinski definition) is 3. The van der Waals surface area contributed by atoms with Crippen LogP contribution in [0.3, 0.4) is 0 Å². The number of carboxylic acids is 1. The molecule has 4 nitrogen and oxygen atoms in total. The third-order valence-corrected chi connectivity index (χ3v) is 3.49. The van der Waals surface area contributed by atoms with Gasteiger partial charge in [0.25, 0.3) is 0 Å². The highest BCUT2D eigenvalue weighted by atomic mass is 16.5. The summed E-state index contributed by atoms with van der Waals surface area (Å²) in [5, 5.41) is 9.10. The van der Waals surface area contributed by atoms with Gasteiger partial charge in [0.15, 0.2) is 0 Å². The summed E-state index contributed by atoms with van der Waals surface area (Å²) in [5.41, 5.74) is 7.26. The van der Waals surface area contributed by atoms with E-state index in [0.29, 0.717) is 5.75 Å². The molecule has 0 aliphatic heterocycles. The fraction of sp³-hybridized carbons (Fsp3) is 0.500. The molecule has 0 aliphatic carbocycles. The molecule has 0 spiro atoms. The van der Waals surface area contributed by atoms with E-state index in [1.807, 2.05) is 39.0 Å². The third-order valence-electron chi connectivity index (χ3n) is 3.49. The highest BCUT2D eigenvalue weighted by Gasteiger charge is 2.36. The van der Waals surface area contributed by atoms with E-state index in [4.69, 9.17) is 15.6 Å². The first kappa shape index (κ1) is 14.5. The maximum absolute atomic E-state index is 11.1. The Morgan fingerprint density at radius 2 is 2.17 bits per heavy atom. The van der Waals surface area contributed by atoms with Crippen LogP contribution >= 0.6 is 0 Å². The van der Waals surface area contributed by atoms with Crippen LogP contribution in [0.25, 0.3) is 0 Å². The second kappa shape index (κ2) is 5.40. The first-order chi connectivity index (χ1) is 8.31.